The van der Waals surface area contributed by atoms with E-state index < -0.39 is 0 Å². The summed E-state index contributed by atoms with van der Waals surface area (Å²) in [5.41, 5.74) is 3.07. The van der Waals surface area contributed by atoms with Gasteiger partial charge in [-0.1, -0.05) is 0 Å². The predicted molar refractivity (Wildman–Crippen MR) is 86.7 cm³/mol. The number of aromatic amines is 1. The second-order valence-corrected chi connectivity index (χ2v) is 6.83. The molecule has 1 fully saturated rings. The van der Waals surface area contributed by atoms with Gasteiger partial charge in [-0.15, -0.1) is 0 Å². The van der Waals surface area contributed by atoms with Crippen LogP contribution >= 0.6 is 0 Å². The molecule has 2 aliphatic rings. The molecule has 5 heteroatoms. The second-order valence-electron chi connectivity index (χ2n) is 6.83. The van der Waals surface area contributed by atoms with E-state index in [1.165, 1.54) is 0 Å². The molecule has 4 rings (SSSR count). The maximum absolute atomic E-state index is 13.0. The molecule has 122 valence electrons. The average molecular weight is 313 g/mol. The number of nitrogens with zero attached hydrogens (tertiary/aromatic N) is 2. The van der Waals surface area contributed by atoms with E-state index in [9.17, 15) is 4.79 Å². The van der Waals surface area contributed by atoms with Gasteiger partial charge >= 0.3 is 0 Å². The SMILES string of the molecule is Cc1cnc([C@@H]2CCN(C(=O)c3c(C)oc4c3CCCC4)C2)[nH]1. The van der Waals surface area contributed by atoms with Gasteiger partial charge in [0.25, 0.3) is 5.91 Å². The number of fused-ring (bicyclic) bond motifs is 1. The van der Waals surface area contributed by atoms with Crippen molar-refractivity contribution in [3.8, 4) is 0 Å². The second kappa shape index (κ2) is 5.55. The molecular formula is C18H23N3O2. The Morgan fingerprint density at radius 3 is 2.96 bits per heavy atom. The number of hydrogen-bond donors (Lipinski definition) is 1. The highest BCUT2D eigenvalue weighted by atomic mass is 16.3. The van der Waals surface area contributed by atoms with E-state index in [2.05, 4.69) is 9.97 Å². The lowest BCUT2D eigenvalue weighted by atomic mass is 9.94. The van der Waals surface area contributed by atoms with Gasteiger partial charge in [0.15, 0.2) is 0 Å². The maximum atomic E-state index is 13.0. The van der Waals surface area contributed by atoms with E-state index in [0.29, 0.717) is 5.92 Å². The zero-order chi connectivity index (χ0) is 16.0. The van der Waals surface area contributed by atoms with E-state index in [1.807, 2.05) is 24.9 Å². The lowest BCUT2D eigenvalue weighted by molar-refractivity contribution is 0.0788. The van der Waals surface area contributed by atoms with E-state index in [4.69, 9.17) is 4.42 Å². The number of rotatable bonds is 2. The Kier molecular flexibility index (Phi) is 3.51. The number of carbonyl (C=O) groups excluding carboxylic acids is 1. The van der Waals surface area contributed by atoms with Crippen LogP contribution in [0.4, 0.5) is 0 Å². The summed E-state index contributed by atoms with van der Waals surface area (Å²) < 4.78 is 5.87. The van der Waals surface area contributed by atoms with Crippen molar-refractivity contribution in [3.05, 3.63) is 40.4 Å². The molecule has 3 heterocycles. The van der Waals surface area contributed by atoms with Gasteiger partial charge in [0.1, 0.15) is 17.3 Å². The summed E-state index contributed by atoms with van der Waals surface area (Å²) in [6, 6.07) is 0. The van der Waals surface area contributed by atoms with Crippen LogP contribution in [0.2, 0.25) is 0 Å². The first kappa shape index (κ1) is 14.5. The van der Waals surface area contributed by atoms with Crippen molar-refractivity contribution in [2.24, 2.45) is 0 Å². The number of imidazole rings is 1. The van der Waals surface area contributed by atoms with Gasteiger partial charge < -0.3 is 14.3 Å². The van der Waals surface area contributed by atoms with E-state index in [1.54, 1.807) is 0 Å². The molecule has 0 spiro atoms. The highest BCUT2D eigenvalue weighted by molar-refractivity contribution is 5.97. The summed E-state index contributed by atoms with van der Waals surface area (Å²) in [6.07, 6.45) is 7.09. The van der Waals surface area contributed by atoms with Crippen LogP contribution in [0.5, 0.6) is 0 Å². The number of aromatic nitrogens is 2. The third kappa shape index (κ3) is 2.48. The van der Waals surface area contributed by atoms with Gasteiger partial charge in [-0.25, -0.2) is 4.98 Å². The first-order chi connectivity index (χ1) is 11.1. The average Bonchev–Trinajstić information content (AvgIpc) is 3.23. The molecule has 1 amide bonds. The summed E-state index contributed by atoms with van der Waals surface area (Å²) in [5.74, 6) is 3.29. The van der Waals surface area contributed by atoms with E-state index in [-0.39, 0.29) is 5.91 Å². The minimum Gasteiger partial charge on any atom is -0.465 e. The molecule has 0 bridgehead atoms. The summed E-state index contributed by atoms with van der Waals surface area (Å²) in [7, 11) is 0. The van der Waals surface area contributed by atoms with Gasteiger partial charge in [-0.3, -0.25) is 4.79 Å². The molecular weight excluding hydrogens is 290 g/mol. The first-order valence-corrected chi connectivity index (χ1v) is 8.55. The number of aryl methyl sites for hydroxylation is 3. The molecule has 1 saturated heterocycles. The molecule has 1 N–H and O–H groups in total. The highest BCUT2D eigenvalue weighted by Crippen LogP contribution is 2.33. The fourth-order valence-electron chi connectivity index (χ4n) is 3.95. The number of nitrogens with one attached hydrogen (secondary N) is 1. The normalized spacial score (nSPS) is 20.8. The molecule has 23 heavy (non-hydrogen) atoms. The summed E-state index contributed by atoms with van der Waals surface area (Å²) >= 11 is 0. The van der Waals surface area contributed by atoms with Crippen molar-refractivity contribution in [3.63, 3.8) is 0 Å². The van der Waals surface area contributed by atoms with Gasteiger partial charge in [-0.2, -0.15) is 0 Å². The largest absolute Gasteiger partial charge is 0.465 e. The number of likely N-dealkylation sites (tertiary alicyclic amines) is 1. The van der Waals surface area contributed by atoms with Crippen LogP contribution < -0.4 is 0 Å². The fraction of sp³-hybridized carbons (Fsp3) is 0.556. The fourth-order valence-corrected chi connectivity index (χ4v) is 3.95. The number of amides is 1. The Bertz CT molecular complexity index is 744. The number of carbonyl (C=O) groups is 1. The third-order valence-electron chi connectivity index (χ3n) is 5.15. The van der Waals surface area contributed by atoms with Crippen LogP contribution in [0.15, 0.2) is 10.6 Å². The van der Waals surface area contributed by atoms with Gasteiger partial charge in [0.2, 0.25) is 0 Å². The molecule has 0 radical (unpaired) electrons. The summed E-state index contributed by atoms with van der Waals surface area (Å²) in [6.45, 7) is 5.47. The van der Waals surface area contributed by atoms with Crippen molar-refractivity contribution >= 4 is 5.91 Å². The quantitative estimate of drug-likeness (QED) is 0.926. The van der Waals surface area contributed by atoms with Crippen LogP contribution in [-0.4, -0.2) is 33.9 Å². The molecule has 1 aliphatic heterocycles. The van der Waals surface area contributed by atoms with Crippen LogP contribution in [0, 0.1) is 13.8 Å². The number of H-pyrrole nitrogens is 1. The number of furan rings is 1. The third-order valence-corrected chi connectivity index (χ3v) is 5.15. The smallest absolute Gasteiger partial charge is 0.257 e. The minimum atomic E-state index is 0.139. The molecule has 5 nitrogen and oxygen atoms in total. The van der Waals surface area contributed by atoms with Crippen LogP contribution in [-0.2, 0) is 12.8 Å². The number of hydrogen-bond acceptors (Lipinski definition) is 3. The molecule has 0 aromatic carbocycles. The molecule has 2 aromatic heterocycles. The van der Waals surface area contributed by atoms with Gasteiger partial charge in [0.05, 0.1) is 5.56 Å². The van der Waals surface area contributed by atoms with Crippen molar-refractivity contribution < 1.29 is 9.21 Å². The molecule has 0 saturated carbocycles. The standard InChI is InChI=1S/C18H23N3O2/c1-11-9-19-17(20-11)13-7-8-21(10-13)18(22)16-12(2)23-15-6-4-3-5-14(15)16/h9,13H,3-8,10H2,1-2H3,(H,19,20)/t13-/m1/s1. The van der Waals surface area contributed by atoms with Crippen molar-refractivity contribution in [2.75, 3.05) is 13.1 Å². The van der Waals surface area contributed by atoms with Gasteiger partial charge in [-0.05, 0) is 39.5 Å². The Morgan fingerprint density at radius 2 is 2.17 bits per heavy atom. The van der Waals surface area contributed by atoms with Gasteiger partial charge in [0, 0.05) is 42.9 Å². The first-order valence-electron chi connectivity index (χ1n) is 8.55. The molecule has 1 atom stereocenters. The zero-order valence-corrected chi connectivity index (χ0v) is 13.8. The summed E-state index contributed by atoms with van der Waals surface area (Å²) in [5, 5.41) is 0. The Labute approximate surface area is 136 Å². The monoisotopic (exact) mass is 313 g/mol. The Morgan fingerprint density at radius 1 is 1.35 bits per heavy atom. The van der Waals surface area contributed by atoms with E-state index in [0.717, 1.165) is 79.4 Å². The van der Waals surface area contributed by atoms with Crippen molar-refractivity contribution in [1.82, 2.24) is 14.9 Å². The predicted octanol–water partition coefficient (Wildman–Crippen LogP) is 3.13. The van der Waals surface area contributed by atoms with Crippen LogP contribution in [0.3, 0.4) is 0 Å². The van der Waals surface area contributed by atoms with Crippen LogP contribution in [0.25, 0.3) is 0 Å². The molecule has 0 unspecified atom stereocenters. The Hall–Kier alpha value is -2.04. The highest BCUT2D eigenvalue weighted by Gasteiger charge is 2.33. The molecule has 2 aromatic rings. The topological polar surface area (TPSA) is 62.1 Å². The lowest BCUT2D eigenvalue weighted by Gasteiger charge is -2.18. The zero-order valence-electron chi connectivity index (χ0n) is 13.8. The summed E-state index contributed by atoms with van der Waals surface area (Å²) in [4.78, 5) is 22.7. The minimum absolute atomic E-state index is 0.139. The van der Waals surface area contributed by atoms with E-state index >= 15 is 0 Å². The van der Waals surface area contributed by atoms with Crippen molar-refractivity contribution in [1.29, 1.82) is 0 Å². The maximum Gasteiger partial charge on any atom is 0.257 e. The molecule has 1 aliphatic carbocycles. The van der Waals surface area contributed by atoms with Crippen LogP contribution in [0.1, 0.15) is 64.1 Å². The Balaban J connectivity index is 1.55. The lowest BCUT2D eigenvalue weighted by Crippen LogP contribution is -2.29. The van der Waals surface area contributed by atoms with Crippen molar-refractivity contribution in [2.45, 2.75) is 51.9 Å².